The van der Waals surface area contributed by atoms with Gasteiger partial charge in [0.1, 0.15) is 6.54 Å². The third kappa shape index (κ3) is 7.75. The van der Waals surface area contributed by atoms with Crippen LogP contribution in [0, 0.1) is 19.8 Å². The Balaban J connectivity index is 1.76. The molecule has 2 aromatic carbocycles. The smallest absolute Gasteiger partial charge is 0.322 e. The Morgan fingerprint density at radius 3 is 2.30 bits per heavy atom. The molecular formula is C27H33N3O2S. The molecule has 0 radical (unpaired) electrons. The molecule has 1 heterocycles. The minimum atomic E-state index is -0.255. The maximum Gasteiger partial charge on any atom is 0.322 e. The zero-order valence-corrected chi connectivity index (χ0v) is 20.7. The highest BCUT2D eigenvalue weighted by Crippen LogP contribution is 2.19. The second kappa shape index (κ2) is 11.7. The van der Waals surface area contributed by atoms with E-state index in [1.807, 2.05) is 80.3 Å². The summed E-state index contributed by atoms with van der Waals surface area (Å²) in [6.07, 6.45) is 0. The van der Waals surface area contributed by atoms with Crippen LogP contribution >= 0.6 is 11.3 Å². The van der Waals surface area contributed by atoms with Crippen molar-refractivity contribution in [2.45, 2.75) is 40.8 Å². The highest BCUT2D eigenvalue weighted by Gasteiger charge is 2.23. The molecule has 0 saturated heterocycles. The molecule has 3 aromatic rings. The third-order valence-electron chi connectivity index (χ3n) is 5.18. The van der Waals surface area contributed by atoms with Crippen LogP contribution in [0.25, 0.3) is 0 Å². The van der Waals surface area contributed by atoms with E-state index < -0.39 is 0 Å². The average Bonchev–Trinajstić information content (AvgIpc) is 3.18. The molecule has 1 N–H and O–H groups in total. The van der Waals surface area contributed by atoms with Gasteiger partial charge in [-0.1, -0.05) is 56.3 Å². The molecule has 0 aliphatic carbocycles. The van der Waals surface area contributed by atoms with E-state index in [0.29, 0.717) is 19.6 Å². The number of nitrogens with zero attached hydrogens (tertiary/aromatic N) is 2. The number of urea groups is 1. The Hall–Kier alpha value is -3.12. The molecule has 0 aliphatic heterocycles. The normalized spacial score (nSPS) is 10.8. The molecule has 0 bridgehead atoms. The van der Waals surface area contributed by atoms with E-state index in [1.165, 1.54) is 4.88 Å². The first-order valence-electron chi connectivity index (χ1n) is 11.3. The Bertz CT molecular complexity index is 1060. The van der Waals surface area contributed by atoms with Crippen molar-refractivity contribution in [2.24, 2.45) is 5.92 Å². The van der Waals surface area contributed by atoms with Crippen molar-refractivity contribution in [2.75, 3.05) is 18.4 Å². The lowest BCUT2D eigenvalue weighted by Crippen LogP contribution is -2.45. The van der Waals surface area contributed by atoms with E-state index in [4.69, 9.17) is 0 Å². The van der Waals surface area contributed by atoms with Crippen molar-refractivity contribution in [1.29, 1.82) is 0 Å². The van der Waals surface area contributed by atoms with Gasteiger partial charge >= 0.3 is 6.03 Å². The van der Waals surface area contributed by atoms with Gasteiger partial charge in [-0.3, -0.25) is 4.79 Å². The first-order valence-corrected chi connectivity index (χ1v) is 12.1. The fraction of sp³-hybridized carbons (Fsp3) is 0.333. The maximum atomic E-state index is 13.5. The van der Waals surface area contributed by atoms with Crippen molar-refractivity contribution in [3.63, 3.8) is 0 Å². The van der Waals surface area contributed by atoms with Crippen LogP contribution in [-0.2, 0) is 17.9 Å². The zero-order chi connectivity index (χ0) is 23.8. The van der Waals surface area contributed by atoms with Gasteiger partial charge in [-0.05, 0) is 55.2 Å². The summed E-state index contributed by atoms with van der Waals surface area (Å²) in [5.41, 5.74) is 2.87. The Labute approximate surface area is 201 Å². The summed E-state index contributed by atoms with van der Waals surface area (Å²) in [6, 6.07) is 21.6. The zero-order valence-electron chi connectivity index (χ0n) is 19.9. The number of thiophene rings is 1. The van der Waals surface area contributed by atoms with Crippen LogP contribution in [0.4, 0.5) is 10.5 Å². The molecular weight excluding hydrogens is 430 g/mol. The molecule has 174 valence electrons. The number of anilines is 1. The number of amides is 3. The number of nitrogens with one attached hydrogen (secondary N) is 1. The minimum Gasteiger partial charge on any atom is -0.332 e. The number of rotatable bonds is 9. The number of benzene rings is 2. The van der Waals surface area contributed by atoms with Crippen LogP contribution in [0.15, 0.2) is 66.7 Å². The average molecular weight is 464 g/mol. The van der Waals surface area contributed by atoms with Gasteiger partial charge in [0.25, 0.3) is 0 Å². The van der Waals surface area contributed by atoms with E-state index in [1.54, 1.807) is 16.2 Å². The van der Waals surface area contributed by atoms with Gasteiger partial charge in [-0.15, -0.1) is 11.3 Å². The van der Waals surface area contributed by atoms with Gasteiger partial charge in [-0.25, -0.2) is 4.79 Å². The summed E-state index contributed by atoms with van der Waals surface area (Å²) in [6.45, 7) is 9.72. The van der Waals surface area contributed by atoms with Crippen molar-refractivity contribution >= 4 is 29.0 Å². The van der Waals surface area contributed by atoms with Crippen molar-refractivity contribution in [1.82, 2.24) is 9.80 Å². The first-order chi connectivity index (χ1) is 15.8. The van der Waals surface area contributed by atoms with Crippen LogP contribution in [0.5, 0.6) is 0 Å². The van der Waals surface area contributed by atoms with E-state index >= 15 is 0 Å². The molecule has 5 nitrogen and oxygen atoms in total. The van der Waals surface area contributed by atoms with Crippen LogP contribution < -0.4 is 5.32 Å². The maximum absolute atomic E-state index is 13.5. The standard InChI is InChI=1S/C27H33N3O2S/c1-20(2)16-30(27(32)28-24-12-8-9-21(3)15-24)19-26(31)29(17-23-10-6-5-7-11-23)18-25-14-13-22(4)33-25/h5-15,20H,16-19H2,1-4H3,(H,28,32). The summed E-state index contributed by atoms with van der Waals surface area (Å²) in [5.74, 6) is 0.175. The Kier molecular flexibility index (Phi) is 8.66. The predicted molar refractivity (Wildman–Crippen MR) is 136 cm³/mol. The number of carbonyl (C=O) groups is 2. The minimum absolute atomic E-state index is 0.0347. The van der Waals surface area contributed by atoms with Crippen LogP contribution in [0.1, 0.15) is 34.7 Å². The molecule has 0 atom stereocenters. The second-order valence-electron chi connectivity index (χ2n) is 8.82. The molecule has 0 unspecified atom stereocenters. The van der Waals surface area contributed by atoms with Gasteiger partial charge in [0.15, 0.2) is 0 Å². The van der Waals surface area contributed by atoms with Crippen molar-refractivity contribution < 1.29 is 9.59 Å². The highest BCUT2D eigenvalue weighted by atomic mass is 32.1. The highest BCUT2D eigenvalue weighted by molar-refractivity contribution is 7.11. The van der Waals surface area contributed by atoms with E-state index in [9.17, 15) is 9.59 Å². The van der Waals surface area contributed by atoms with Gasteiger partial charge in [0.2, 0.25) is 5.91 Å². The largest absolute Gasteiger partial charge is 0.332 e. The van der Waals surface area contributed by atoms with Gasteiger partial charge in [0, 0.05) is 28.5 Å². The summed E-state index contributed by atoms with van der Waals surface area (Å²) in [7, 11) is 0. The summed E-state index contributed by atoms with van der Waals surface area (Å²) in [4.78, 5) is 32.4. The van der Waals surface area contributed by atoms with Gasteiger partial charge in [0.05, 0.1) is 6.54 Å². The van der Waals surface area contributed by atoms with Crippen molar-refractivity contribution in [3.05, 3.63) is 87.6 Å². The lowest BCUT2D eigenvalue weighted by molar-refractivity contribution is -0.133. The second-order valence-corrected chi connectivity index (χ2v) is 10.2. The van der Waals surface area contributed by atoms with E-state index in [-0.39, 0.29) is 24.4 Å². The quantitative estimate of drug-likeness (QED) is 0.418. The molecule has 0 spiro atoms. The molecule has 3 amide bonds. The van der Waals surface area contributed by atoms with Gasteiger partial charge in [-0.2, -0.15) is 0 Å². The van der Waals surface area contributed by atoms with Crippen LogP contribution in [0.3, 0.4) is 0 Å². The lowest BCUT2D eigenvalue weighted by atomic mass is 10.2. The summed E-state index contributed by atoms with van der Waals surface area (Å²) >= 11 is 1.70. The number of hydrogen-bond donors (Lipinski definition) is 1. The number of hydrogen-bond acceptors (Lipinski definition) is 3. The number of aryl methyl sites for hydroxylation is 2. The van der Waals surface area contributed by atoms with Gasteiger partial charge < -0.3 is 15.1 Å². The SMILES string of the molecule is Cc1cccc(NC(=O)N(CC(=O)N(Cc2ccccc2)Cc2ccc(C)s2)CC(C)C)c1. The van der Waals surface area contributed by atoms with Crippen molar-refractivity contribution in [3.8, 4) is 0 Å². The predicted octanol–water partition coefficient (Wildman–Crippen LogP) is 6.08. The third-order valence-corrected chi connectivity index (χ3v) is 6.17. The Morgan fingerprint density at radius 2 is 1.67 bits per heavy atom. The molecule has 0 saturated carbocycles. The lowest BCUT2D eigenvalue weighted by Gasteiger charge is -2.29. The van der Waals surface area contributed by atoms with E-state index in [0.717, 1.165) is 21.7 Å². The first kappa shape index (κ1) is 24.5. The molecule has 6 heteroatoms. The summed E-state index contributed by atoms with van der Waals surface area (Å²) in [5, 5.41) is 2.95. The molecule has 0 aliphatic rings. The molecule has 0 fully saturated rings. The van der Waals surface area contributed by atoms with Crippen LogP contribution in [-0.4, -0.2) is 34.8 Å². The molecule has 1 aromatic heterocycles. The Morgan fingerprint density at radius 1 is 0.909 bits per heavy atom. The summed E-state index contributed by atoms with van der Waals surface area (Å²) < 4.78 is 0. The van der Waals surface area contributed by atoms with E-state index in [2.05, 4.69) is 24.4 Å². The monoisotopic (exact) mass is 463 g/mol. The molecule has 33 heavy (non-hydrogen) atoms. The van der Waals surface area contributed by atoms with Crippen LogP contribution in [0.2, 0.25) is 0 Å². The fourth-order valence-electron chi connectivity index (χ4n) is 3.64. The fourth-order valence-corrected chi connectivity index (χ4v) is 4.55. The molecule has 3 rings (SSSR count). The number of carbonyl (C=O) groups excluding carboxylic acids is 2. The topological polar surface area (TPSA) is 52.7 Å².